The van der Waals surface area contributed by atoms with Crippen LogP contribution in [0.2, 0.25) is 0 Å². The Balaban J connectivity index is 2.11. The zero-order valence-corrected chi connectivity index (χ0v) is 12.8. The van der Waals surface area contributed by atoms with E-state index in [-0.39, 0.29) is 23.9 Å². The molecule has 0 saturated carbocycles. The number of hydrogen-bond acceptors (Lipinski definition) is 3. The summed E-state index contributed by atoms with van der Waals surface area (Å²) in [5.41, 5.74) is 2.21. The SMILES string of the molecule is Cc1ccc(C(=O)NC(C)C)cc1NC(=O)C1CCCN1. The van der Waals surface area contributed by atoms with Gasteiger partial charge in [-0.25, -0.2) is 0 Å². The quantitative estimate of drug-likeness (QED) is 0.792. The predicted molar refractivity (Wildman–Crippen MR) is 83.4 cm³/mol. The molecule has 5 nitrogen and oxygen atoms in total. The average molecular weight is 289 g/mol. The van der Waals surface area contributed by atoms with Gasteiger partial charge in [-0.15, -0.1) is 0 Å². The van der Waals surface area contributed by atoms with Gasteiger partial charge in [0.2, 0.25) is 5.91 Å². The fourth-order valence-electron chi connectivity index (χ4n) is 2.37. The highest BCUT2D eigenvalue weighted by atomic mass is 16.2. The summed E-state index contributed by atoms with van der Waals surface area (Å²) in [4.78, 5) is 24.2. The molecule has 0 bridgehead atoms. The van der Waals surface area contributed by atoms with Crippen LogP contribution in [0.3, 0.4) is 0 Å². The molecule has 0 spiro atoms. The van der Waals surface area contributed by atoms with Gasteiger partial charge in [-0.3, -0.25) is 9.59 Å². The van der Waals surface area contributed by atoms with Gasteiger partial charge < -0.3 is 16.0 Å². The second kappa shape index (κ2) is 6.72. The van der Waals surface area contributed by atoms with E-state index in [1.807, 2.05) is 26.8 Å². The zero-order chi connectivity index (χ0) is 15.4. The summed E-state index contributed by atoms with van der Waals surface area (Å²) in [6, 6.07) is 5.32. The molecule has 2 rings (SSSR count). The van der Waals surface area contributed by atoms with E-state index in [1.165, 1.54) is 0 Å². The minimum absolute atomic E-state index is 0.0305. The van der Waals surface area contributed by atoms with Gasteiger partial charge in [0.15, 0.2) is 0 Å². The first kappa shape index (κ1) is 15.5. The molecule has 1 aliphatic heterocycles. The molecule has 1 aliphatic rings. The Kier molecular flexibility index (Phi) is 4.96. The Labute approximate surface area is 125 Å². The standard InChI is InChI=1S/C16H23N3O2/c1-10(2)18-15(20)12-7-6-11(3)14(9-12)19-16(21)13-5-4-8-17-13/h6-7,9-10,13,17H,4-5,8H2,1-3H3,(H,18,20)(H,19,21). The lowest BCUT2D eigenvalue weighted by Gasteiger charge is -2.15. The summed E-state index contributed by atoms with van der Waals surface area (Å²) in [6.07, 6.45) is 1.88. The van der Waals surface area contributed by atoms with Gasteiger partial charge in [-0.2, -0.15) is 0 Å². The van der Waals surface area contributed by atoms with Crippen molar-refractivity contribution in [1.82, 2.24) is 10.6 Å². The van der Waals surface area contributed by atoms with Crippen LogP contribution in [0.1, 0.15) is 42.6 Å². The maximum atomic E-state index is 12.2. The molecule has 1 fully saturated rings. The molecule has 0 radical (unpaired) electrons. The molecule has 21 heavy (non-hydrogen) atoms. The van der Waals surface area contributed by atoms with E-state index >= 15 is 0 Å². The summed E-state index contributed by atoms with van der Waals surface area (Å²) >= 11 is 0. The van der Waals surface area contributed by atoms with Crippen LogP contribution >= 0.6 is 0 Å². The Hall–Kier alpha value is -1.88. The van der Waals surface area contributed by atoms with Gasteiger partial charge in [0.1, 0.15) is 0 Å². The van der Waals surface area contributed by atoms with Crippen LogP contribution in [0.5, 0.6) is 0 Å². The number of anilines is 1. The normalized spacial score (nSPS) is 17.8. The van der Waals surface area contributed by atoms with Crippen molar-refractivity contribution in [3.63, 3.8) is 0 Å². The van der Waals surface area contributed by atoms with Gasteiger partial charge in [-0.1, -0.05) is 6.07 Å². The maximum absolute atomic E-state index is 12.2. The molecule has 114 valence electrons. The number of hydrogen-bond donors (Lipinski definition) is 3. The summed E-state index contributed by atoms with van der Waals surface area (Å²) in [7, 11) is 0. The van der Waals surface area contributed by atoms with Crippen molar-refractivity contribution in [2.45, 2.75) is 45.7 Å². The van der Waals surface area contributed by atoms with Crippen molar-refractivity contribution in [3.8, 4) is 0 Å². The van der Waals surface area contributed by atoms with Gasteiger partial charge in [0.25, 0.3) is 5.91 Å². The zero-order valence-electron chi connectivity index (χ0n) is 12.8. The molecule has 1 aromatic carbocycles. The van der Waals surface area contributed by atoms with Crippen LogP contribution < -0.4 is 16.0 Å². The summed E-state index contributed by atoms with van der Waals surface area (Å²) in [5, 5.41) is 8.94. The molecule has 0 aliphatic carbocycles. The number of aryl methyl sites for hydroxylation is 1. The van der Waals surface area contributed by atoms with E-state index in [2.05, 4.69) is 16.0 Å². The molecule has 1 aromatic rings. The summed E-state index contributed by atoms with van der Waals surface area (Å²) in [5.74, 6) is -0.156. The molecule has 1 unspecified atom stereocenters. The molecule has 2 amide bonds. The monoisotopic (exact) mass is 289 g/mol. The lowest BCUT2D eigenvalue weighted by atomic mass is 10.1. The molecule has 0 aromatic heterocycles. The molecular weight excluding hydrogens is 266 g/mol. The number of amides is 2. The third kappa shape index (κ3) is 4.04. The number of carbonyl (C=O) groups is 2. The van der Waals surface area contributed by atoms with E-state index in [0.29, 0.717) is 11.3 Å². The fourth-order valence-corrected chi connectivity index (χ4v) is 2.37. The molecule has 5 heteroatoms. The largest absolute Gasteiger partial charge is 0.350 e. The van der Waals surface area contributed by atoms with Gasteiger partial charge >= 0.3 is 0 Å². The number of rotatable bonds is 4. The predicted octanol–water partition coefficient (Wildman–Crippen LogP) is 1.82. The van der Waals surface area contributed by atoms with E-state index < -0.39 is 0 Å². The van der Waals surface area contributed by atoms with Gasteiger partial charge in [-0.05, 0) is 57.9 Å². The second-order valence-electron chi connectivity index (χ2n) is 5.80. The van der Waals surface area contributed by atoms with Crippen LogP contribution in [0.4, 0.5) is 5.69 Å². The van der Waals surface area contributed by atoms with E-state index in [4.69, 9.17) is 0 Å². The van der Waals surface area contributed by atoms with E-state index in [9.17, 15) is 9.59 Å². The third-order valence-electron chi connectivity index (χ3n) is 3.55. The second-order valence-corrected chi connectivity index (χ2v) is 5.80. The highest BCUT2D eigenvalue weighted by Crippen LogP contribution is 2.18. The Morgan fingerprint density at radius 2 is 2.10 bits per heavy atom. The summed E-state index contributed by atoms with van der Waals surface area (Å²) in [6.45, 7) is 6.64. The lowest BCUT2D eigenvalue weighted by molar-refractivity contribution is -0.117. The first-order chi connectivity index (χ1) is 9.97. The number of carbonyl (C=O) groups excluding carboxylic acids is 2. The van der Waals surface area contributed by atoms with Crippen LogP contribution in [0.15, 0.2) is 18.2 Å². The van der Waals surface area contributed by atoms with Crippen LogP contribution in [0.25, 0.3) is 0 Å². The highest BCUT2D eigenvalue weighted by Gasteiger charge is 2.22. The van der Waals surface area contributed by atoms with Gasteiger partial charge in [0, 0.05) is 17.3 Å². The summed E-state index contributed by atoms with van der Waals surface area (Å²) < 4.78 is 0. The van der Waals surface area contributed by atoms with Crippen LogP contribution in [-0.4, -0.2) is 30.4 Å². The van der Waals surface area contributed by atoms with Crippen LogP contribution in [0, 0.1) is 6.92 Å². The Bertz CT molecular complexity index is 534. The average Bonchev–Trinajstić information content (AvgIpc) is 2.94. The lowest BCUT2D eigenvalue weighted by Crippen LogP contribution is -2.35. The Morgan fingerprint density at radius 3 is 2.71 bits per heavy atom. The van der Waals surface area contributed by atoms with Gasteiger partial charge in [0.05, 0.1) is 6.04 Å². The Morgan fingerprint density at radius 1 is 1.33 bits per heavy atom. The van der Waals surface area contributed by atoms with Crippen molar-refractivity contribution in [2.75, 3.05) is 11.9 Å². The van der Waals surface area contributed by atoms with Crippen molar-refractivity contribution in [3.05, 3.63) is 29.3 Å². The van der Waals surface area contributed by atoms with E-state index in [1.54, 1.807) is 12.1 Å². The third-order valence-corrected chi connectivity index (χ3v) is 3.55. The molecule has 1 saturated heterocycles. The van der Waals surface area contributed by atoms with Crippen molar-refractivity contribution >= 4 is 17.5 Å². The number of nitrogens with one attached hydrogen (secondary N) is 3. The number of benzene rings is 1. The highest BCUT2D eigenvalue weighted by molar-refractivity contribution is 5.99. The minimum atomic E-state index is -0.127. The fraction of sp³-hybridized carbons (Fsp3) is 0.500. The minimum Gasteiger partial charge on any atom is -0.350 e. The first-order valence-corrected chi connectivity index (χ1v) is 7.43. The van der Waals surface area contributed by atoms with Crippen molar-refractivity contribution < 1.29 is 9.59 Å². The van der Waals surface area contributed by atoms with Crippen LogP contribution in [-0.2, 0) is 4.79 Å². The topological polar surface area (TPSA) is 70.2 Å². The molecule has 1 atom stereocenters. The smallest absolute Gasteiger partial charge is 0.251 e. The molecule has 3 N–H and O–H groups in total. The van der Waals surface area contributed by atoms with E-state index in [0.717, 1.165) is 24.9 Å². The molecular formula is C16H23N3O2. The molecule has 1 heterocycles. The maximum Gasteiger partial charge on any atom is 0.251 e. The first-order valence-electron chi connectivity index (χ1n) is 7.43. The van der Waals surface area contributed by atoms with Crippen molar-refractivity contribution in [1.29, 1.82) is 0 Å². The van der Waals surface area contributed by atoms with Crippen molar-refractivity contribution in [2.24, 2.45) is 0 Å².